The maximum Gasteiger partial charge on any atom is 0.0713 e. The fraction of sp³-hybridized carbons (Fsp3) is 0.250. The van der Waals surface area contributed by atoms with Crippen LogP contribution in [0.25, 0.3) is 11.1 Å². The van der Waals surface area contributed by atoms with Gasteiger partial charge in [0.05, 0.1) is 5.41 Å². The lowest BCUT2D eigenvalue weighted by molar-refractivity contribution is 0.767. The van der Waals surface area contributed by atoms with Gasteiger partial charge in [0, 0.05) is 0 Å². The van der Waals surface area contributed by atoms with E-state index in [1.54, 1.807) is 0 Å². The predicted molar refractivity (Wildman–Crippen MR) is 143 cm³/mol. The number of fused-ring (bicyclic) bond motifs is 3. The summed E-state index contributed by atoms with van der Waals surface area (Å²) in [6.07, 6.45) is 0. The van der Waals surface area contributed by atoms with Crippen LogP contribution in [0.15, 0.2) is 97.1 Å². The topological polar surface area (TPSA) is 0 Å². The Morgan fingerprint density at radius 2 is 0.750 bits per heavy atom. The minimum absolute atomic E-state index is 0. The Morgan fingerprint density at radius 1 is 0.438 bits per heavy atom. The standard InChI is InChI=1S/C27H22.2C2H6.CH4/c1-19-11-15-21(16-12-19)27(22-17-13-20(2)14-18-22)25-9-5-3-7-23(25)24-8-4-6-10-26(24)27;2*1-2;/h3-18H,1-2H3;2*1-2H3;1H4. The Balaban J connectivity index is 0.000000689. The van der Waals surface area contributed by atoms with Gasteiger partial charge in [-0.1, -0.05) is 143 Å². The first-order chi connectivity index (χ1) is 15.2. The van der Waals surface area contributed by atoms with Gasteiger partial charge >= 0.3 is 0 Å². The third kappa shape index (κ3) is 4.02. The minimum atomic E-state index is -0.269. The largest absolute Gasteiger partial charge is 0.0776 e. The van der Waals surface area contributed by atoms with E-state index in [0.717, 1.165) is 0 Å². The SMILES string of the molecule is C.CC.CC.Cc1ccc(C2(c3ccc(C)cc3)c3ccccc3-c3ccccc32)cc1. The van der Waals surface area contributed by atoms with E-state index in [9.17, 15) is 0 Å². The lowest BCUT2D eigenvalue weighted by Crippen LogP contribution is -2.28. The van der Waals surface area contributed by atoms with Gasteiger partial charge < -0.3 is 0 Å². The van der Waals surface area contributed by atoms with E-state index in [-0.39, 0.29) is 12.8 Å². The van der Waals surface area contributed by atoms with Crippen molar-refractivity contribution in [3.8, 4) is 11.1 Å². The van der Waals surface area contributed by atoms with Crippen LogP contribution >= 0.6 is 0 Å². The normalized spacial score (nSPS) is 12.1. The van der Waals surface area contributed by atoms with Crippen LogP contribution in [0, 0.1) is 13.8 Å². The molecule has 0 aromatic heterocycles. The van der Waals surface area contributed by atoms with Crippen LogP contribution in [0.5, 0.6) is 0 Å². The molecule has 0 heteroatoms. The summed E-state index contributed by atoms with van der Waals surface area (Å²) in [7, 11) is 0. The summed E-state index contributed by atoms with van der Waals surface area (Å²) in [5.74, 6) is 0. The van der Waals surface area contributed by atoms with Gasteiger partial charge in [-0.05, 0) is 47.2 Å². The summed E-state index contributed by atoms with van der Waals surface area (Å²) in [4.78, 5) is 0. The fourth-order valence-corrected chi connectivity index (χ4v) is 4.63. The van der Waals surface area contributed by atoms with E-state index in [1.165, 1.54) is 44.5 Å². The van der Waals surface area contributed by atoms with Crippen molar-refractivity contribution in [1.82, 2.24) is 0 Å². The van der Waals surface area contributed by atoms with Crippen molar-refractivity contribution in [1.29, 1.82) is 0 Å². The highest BCUT2D eigenvalue weighted by molar-refractivity contribution is 5.86. The summed E-state index contributed by atoms with van der Waals surface area (Å²) >= 11 is 0. The minimum Gasteiger partial charge on any atom is -0.0776 e. The highest BCUT2D eigenvalue weighted by Gasteiger charge is 2.45. The molecular formula is C32H38. The number of benzene rings is 4. The lowest BCUT2D eigenvalue weighted by Gasteiger charge is -2.34. The molecule has 0 fully saturated rings. The molecule has 4 aromatic carbocycles. The molecule has 0 atom stereocenters. The third-order valence-electron chi connectivity index (χ3n) is 5.92. The molecule has 1 aliphatic carbocycles. The highest BCUT2D eigenvalue weighted by Crippen LogP contribution is 2.55. The summed E-state index contributed by atoms with van der Waals surface area (Å²) in [5, 5.41) is 0. The first kappa shape index (κ1) is 25.1. The number of hydrogen-bond acceptors (Lipinski definition) is 0. The molecule has 0 spiro atoms. The zero-order valence-corrected chi connectivity index (χ0v) is 19.7. The van der Waals surface area contributed by atoms with Crippen molar-refractivity contribution in [3.63, 3.8) is 0 Å². The molecule has 0 radical (unpaired) electrons. The van der Waals surface area contributed by atoms with Crippen LogP contribution < -0.4 is 0 Å². The summed E-state index contributed by atoms with van der Waals surface area (Å²) in [6.45, 7) is 12.3. The van der Waals surface area contributed by atoms with Crippen LogP contribution in [0.3, 0.4) is 0 Å². The first-order valence-electron chi connectivity index (χ1n) is 11.5. The van der Waals surface area contributed by atoms with E-state index in [2.05, 4.69) is 111 Å². The molecule has 0 nitrogen and oxygen atoms in total. The molecule has 0 saturated heterocycles. The summed E-state index contributed by atoms with van der Waals surface area (Å²) < 4.78 is 0. The first-order valence-corrected chi connectivity index (χ1v) is 11.5. The van der Waals surface area contributed by atoms with Crippen molar-refractivity contribution in [2.24, 2.45) is 0 Å². The van der Waals surface area contributed by atoms with E-state index in [0.29, 0.717) is 0 Å². The zero-order chi connectivity index (χ0) is 22.4. The van der Waals surface area contributed by atoms with Gasteiger partial charge in [-0.15, -0.1) is 0 Å². The quantitative estimate of drug-likeness (QED) is 0.266. The van der Waals surface area contributed by atoms with Gasteiger partial charge in [0.15, 0.2) is 0 Å². The smallest absolute Gasteiger partial charge is 0.0713 e. The van der Waals surface area contributed by atoms with Gasteiger partial charge in [0.1, 0.15) is 0 Å². The molecule has 0 saturated carbocycles. The Hall–Kier alpha value is -3.12. The molecular weight excluding hydrogens is 384 g/mol. The van der Waals surface area contributed by atoms with Crippen LogP contribution in [0.1, 0.15) is 68.5 Å². The highest BCUT2D eigenvalue weighted by atomic mass is 14.5. The lowest BCUT2D eigenvalue weighted by atomic mass is 9.67. The molecule has 1 aliphatic rings. The van der Waals surface area contributed by atoms with Crippen LogP contribution in [-0.4, -0.2) is 0 Å². The van der Waals surface area contributed by atoms with Crippen LogP contribution in [0.4, 0.5) is 0 Å². The molecule has 0 heterocycles. The second-order valence-corrected chi connectivity index (χ2v) is 7.57. The van der Waals surface area contributed by atoms with Crippen LogP contribution in [-0.2, 0) is 5.41 Å². The van der Waals surface area contributed by atoms with Gasteiger partial charge in [-0.25, -0.2) is 0 Å². The van der Waals surface area contributed by atoms with Crippen molar-refractivity contribution in [2.75, 3.05) is 0 Å². The van der Waals surface area contributed by atoms with E-state index in [4.69, 9.17) is 0 Å². The van der Waals surface area contributed by atoms with Crippen LogP contribution in [0.2, 0.25) is 0 Å². The van der Waals surface area contributed by atoms with Gasteiger partial charge in [-0.3, -0.25) is 0 Å². The van der Waals surface area contributed by atoms with E-state index < -0.39 is 0 Å². The molecule has 0 amide bonds. The average molecular weight is 423 g/mol. The molecule has 0 aliphatic heterocycles. The number of rotatable bonds is 2. The molecule has 0 unspecified atom stereocenters. The van der Waals surface area contributed by atoms with Gasteiger partial charge in [0.2, 0.25) is 0 Å². The van der Waals surface area contributed by atoms with Crippen molar-refractivity contribution in [2.45, 2.75) is 54.4 Å². The van der Waals surface area contributed by atoms with Crippen molar-refractivity contribution in [3.05, 3.63) is 130 Å². The Bertz CT molecular complexity index is 1020. The maximum absolute atomic E-state index is 2.30. The van der Waals surface area contributed by atoms with Gasteiger partial charge in [-0.2, -0.15) is 0 Å². The average Bonchev–Trinajstić information content (AvgIpc) is 3.14. The predicted octanol–water partition coefficient (Wildman–Crippen LogP) is 9.36. The summed E-state index contributed by atoms with van der Waals surface area (Å²) in [5.41, 5.74) is 10.4. The number of hydrogen-bond donors (Lipinski definition) is 0. The molecule has 4 aromatic rings. The second kappa shape index (κ2) is 11.0. The third-order valence-corrected chi connectivity index (χ3v) is 5.92. The molecule has 5 rings (SSSR count). The van der Waals surface area contributed by atoms with Gasteiger partial charge in [0.25, 0.3) is 0 Å². The summed E-state index contributed by atoms with van der Waals surface area (Å²) in [6, 6.07) is 35.9. The Morgan fingerprint density at radius 3 is 1.09 bits per heavy atom. The molecule has 166 valence electrons. The zero-order valence-electron chi connectivity index (χ0n) is 19.7. The molecule has 0 N–H and O–H groups in total. The molecule has 0 bridgehead atoms. The maximum atomic E-state index is 2.30. The Kier molecular flexibility index (Phi) is 8.61. The Labute approximate surface area is 196 Å². The second-order valence-electron chi connectivity index (χ2n) is 7.57. The number of aryl methyl sites for hydroxylation is 2. The monoisotopic (exact) mass is 422 g/mol. The van der Waals surface area contributed by atoms with E-state index in [1.807, 2.05) is 27.7 Å². The van der Waals surface area contributed by atoms with E-state index >= 15 is 0 Å². The van der Waals surface area contributed by atoms with Crippen molar-refractivity contribution < 1.29 is 0 Å². The van der Waals surface area contributed by atoms with Crippen molar-refractivity contribution >= 4 is 0 Å². The fourth-order valence-electron chi connectivity index (χ4n) is 4.63. The molecule has 32 heavy (non-hydrogen) atoms.